The Morgan fingerprint density at radius 2 is 1.90 bits per heavy atom. The average molecular weight is 287 g/mol. The molecule has 3 rings (SSSR count). The Morgan fingerprint density at radius 1 is 1.20 bits per heavy atom. The molecular formula is C18H25NS. The van der Waals surface area contributed by atoms with Crippen molar-refractivity contribution in [3.63, 3.8) is 0 Å². The average Bonchev–Trinajstić information content (AvgIpc) is 2.38. The standard InChI is InChI=1S/C18H25NS/c1-13-8-14-10-17(2,16(19)20)12-18(9-13,11-14)15-6-4-3-5-7-15/h3-7,13-14H,8-12H2,1-2H3,(H2,19,20). The molecule has 4 atom stereocenters. The molecule has 2 bridgehead atoms. The highest BCUT2D eigenvalue weighted by Crippen LogP contribution is 2.57. The van der Waals surface area contributed by atoms with Crippen molar-refractivity contribution in [2.75, 3.05) is 0 Å². The van der Waals surface area contributed by atoms with Gasteiger partial charge in [0, 0.05) is 5.41 Å². The Morgan fingerprint density at radius 3 is 2.55 bits per heavy atom. The van der Waals surface area contributed by atoms with Crippen LogP contribution in [0.15, 0.2) is 30.3 Å². The van der Waals surface area contributed by atoms with E-state index in [1.54, 1.807) is 0 Å². The second-order valence-electron chi connectivity index (χ2n) is 7.57. The number of fused-ring (bicyclic) bond motifs is 2. The van der Waals surface area contributed by atoms with Crippen molar-refractivity contribution in [3.8, 4) is 0 Å². The molecule has 2 fully saturated rings. The quantitative estimate of drug-likeness (QED) is 0.813. The molecule has 1 aromatic carbocycles. The Balaban J connectivity index is 2.03. The molecule has 2 aliphatic carbocycles. The van der Waals surface area contributed by atoms with Gasteiger partial charge in [0.1, 0.15) is 0 Å². The molecule has 0 saturated heterocycles. The van der Waals surface area contributed by atoms with E-state index in [0.29, 0.717) is 5.41 Å². The van der Waals surface area contributed by atoms with E-state index >= 15 is 0 Å². The van der Waals surface area contributed by atoms with E-state index in [1.807, 2.05) is 0 Å². The number of rotatable bonds is 2. The molecule has 0 heterocycles. The summed E-state index contributed by atoms with van der Waals surface area (Å²) in [7, 11) is 0. The molecule has 0 aliphatic heterocycles. The fourth-order valence-corrected chi connectivity index (χ4v) is 5.27. The van der Waals surface area contributed by atoms with E-state index in [4.69, 9.17) is 18.0 Å². The normalized spacial score (nSPS) is 40.3. The van der Waals surface area contributed by atoms with Crippen LogP contribution in [0.4, 0.5) is 0 Å². The Labute approximate surface area is 127 Å². The third-order valence-electron chi connectivity index (χ3n) is 5.60. The summed E-state index contributed by atoms with van der Waals surface area (Å²) in [6.07, 6.45) is 6.25. The van der Waals surface area contributed by atoms with Gasteiger partial charge in [0.05, 0.1) is 4.99 Å². The Bertz CT molecular complexity index is 507. The lowest BCUT2D eigenvalue weighted by molar-refractivity contribution is 0.0549. The van der Waals surface area contributed by atoms with Gasteiger partial charge in [0.15, 0.2) is 0 Å². The summed E-state index contributed by atoms with van der Waals surface area (Å²) in [5, 5.41) is 0. The van der Waals surface area contributed by atoms with Gasteiger partial charge in [-0.2, -0.15) is 0 Å². The zero-order chi connectivity index (χ0) is 14.4. The predicted octanol–water partition coefficient (Wildman–Crippen LogP) is 4.45. The summed E-state index contributed by atoms with van der Waals surface area (Å²) >= 11 is 5.41. The molecule has 4 unspecified atom stereocenters. The molecular weight excluding hydrogens is 262 g/mol. The molecule has 0 radical (unpaired) electrons. The lowest BCUT2D eigenvalue weighted by atomic mass is 9.50. The Kier molecular flexibility index (Phi) is 3.40. The van der Waals surface area contributed by atoms with Gasteiger partial charge in [-0.3, -0.25) is 0 Å². The molecule has 1 aromatic rings. The van der Waals surface area contributed by atoms with Crippen LogP contribution < -0.4 is 5.73 Å². The molecule has 2 aliphatic rings. The Hall–Kier alpha value is -0.890. The van der Waals surface area contributed by atoms with Gasteiger partial charge in [-0.05, 0) is 54.9 Å². The molecule has 2 saturated carbocycles. The first kappa shape index (κ1) is 14.1. The monoisotopic (exact) mass is 287 g/mol. The largest absolute Gasteiger partial charge is 0.393 e. The fraction of sp³-hybridized carbons (Fsp3) is 0.611. The lowest BCUT2D eigenvalue weighted by Crippen LogP contribution is -2.50. The molecule has 108 valence electrons. The first-order valence-corrected chi connectivity index (χ1v) is 8.20. The van der Waals surface area contributed by atoms with E-state index in [1.165, 1.54) is 31.2 Å². The smallest absolute Gasteiger partial charge is 0.0787 e. The second kappa shape index (κ2) is 4.84. The maximum atomic E-state index is 6.11. The van der Waals surface area contributed by atoms with Crippen molar-refractivity contribution >= 4 is 17.2 Å². The number of hydrogen-bond acceptors (Lipinski definition) is 1. The highest BCUT2D eigenvalue weighted by atomic mass is 32.1. The van der Waals surface area contributed by atoms with Crippen molar-refractivity contribution in [3.05, 3.63) is 35.9 Å². The van der Waals surface area contributed by atoms with Gasteiger partial charge < -0.3 is 5.73 Å². The van der Waals surface area contributed by atoms with Crippen LogP contribution in [0.5, 0.6) is 0 Å². The van der Waals surface area contributed by atoms with Crippen molar-refractivity contribution in [1.29, 1.82) is 0 Å². The molecule has 20 heavy (non-hydrogen) atoms. The van der Waals surface area contributed by atoms with E-state index < -0.39 is 0 Å². The summed E-state index contributed by atoms with van der Waals surface area (Å²) < 4.78 is 0. The summed E-state index contributed by atoms with van der Waals surface area (Å²) in [5.74, 6) is 1.59. The predicted molar refractivity (Wildman–Crippen MR) is 88.8 cm³/mol. The van der Waals surface area contributed by atoms with Crippen LogP contribution in [0.2, 0.25) is 0 Å². The van der Waals surface area contributed by atoms with Crippen LogP contribution in [0.25, 0.3) is 0 Å². The van der Waals surface area contributed by atoms with Crippen LogP contribution in [0.3, 0.4) is 0 Å². The van der Waals surface area contributed by atoms with Crippen molar-refractivity contribution in [2.45, 2.75) is 51.4 Å². The molecule has 0 spiro atoms. The minimum atomic E-state index is 0.0359. The fourth-order valence-electron chi connectivity index (χ4n) is 5.11. The van der Waals surface area contributed by atoms with Gasteiger partial charge in [-0.15, -0.1) is 0 Å². The van der Waals surface area contributed by atoms with E-state index in [2.05, 4.69) is 44.2 Å². The zero-order valence-electron chi connectivity index (χ0n) is 12.6. The summed E-state index contributed by atoms with van der Waals surface area (Å²) in [6, 6.07) is 11.1. The minimum Gasteiger partial charge on any atom is -0.393 e. The van der Waals surface area contributed by atoms with E-state index in [-0.39, 0.29) is 5.41 Å². The highest BCUT2D eigenvalue weighted by molar-refractivity contribution is 7.80. The third kappa shape index (κ3) is 2.28. The zero-order valence-corrected chi connectivity index (χ0v) is 13.4. The highest BCUT2D eigenvalue weighted by Gasteiger charge is 2.51. The molecule has 0 amide bonds. The first-order chi connectivity index (χ1) is 9.43. The van der Waals surface area contributed by atoms with Gasteiger partial charge in [0.2, 0.25) is 0 Å². The summed E-state index contributed by atoms with van der Waals surface area (Å²) in [6.45, 7) is 4.70. The van der Waals surface area contributed by atoms with Crippen LogP contribution in [0, 0.1) is 17.3 Å². The molecule has 0 aromatic heterocycles. The third-order valence-corrected chi connectivity index (χ3v) is 6.10. The second-order valence-corrected chi connectivity index (χ2v) is 8.01. The first-order valence-electron chi connectivity index (χ1n) is 7.79. The van der Waals surface area contributed by atoms with Gasteiger partial charge in [0.25, 0.3) is 0 Å². The van der Waals surface area contributed by atoms with Crippen LogP contribution in [-0.4, -0.2) is 4.99 Å². The van der Waals surface area contributed by atoms with Gasteiger partial charge in [-0.1, -0.05) is 56.4 Å². The molecule has 1 nitrogen and oxygen atoms in total. The topological polar surface area (TPSA) is 26.0 Å². The van der Waals surface area contributed by atoms with Crippen LogP contribution in [0.1, 0.15) is 51.5 Å². The maximum absolute atomic E-state index is 6.11. The maximum Gasteiger partial charge on any atom is 0.0787 e. The SMILES string of the molecule is CC1CC2CC(C)(C(N)=S)CC(c3ccccc3)(C1)C2. The molecule has 2 heteroatoms. The van der Waals surface area contributed by atoms with Crippen molar-refractivity contribution < 1.29 is 0 Å². The number of benzene rings is 1. The van der Waals surface area contributed by atoms with E-state index in [0.717, 1.165) is 23.2 Å². The number of thiocarbonyl (C=S) groups is 1. The van der Waals surface area contributed by atoms with Gasteiger partial charge >= 0.3 is 0 Å². The van der Waals surface area contributed by atoms with Crippen molar-refractivity contribution in [1.82, 2.24) is 0 Å². The summed E-state index contributed by atoms with van der Waals surface area (Å²) in [4.78, 5) is 0.719. The van der Waals surface area contributed by atoms with Crippen LogP contribution >= 0.6 is 12.2 Å². The number of nitrogens with two attached hydrogens (primary N) is 1. The van der Waals surface area contributed by atoms with Crippen molar-refractivity contribution in [2.24, 2.45) is 23.0 Å². The number of hydrogen-bond donors (Lipinski definition) is 1. The van der Waals surface area contributed by atoms with Crippen LogP contribution in [-0.2, 0) is 5.41 Å². The lowest BCUT2D eigenvalue weighted by Gasteiger charge is -2.54. The molecule has 2 N–H and O–H groups in total. The summed E-state index contributed by atoms with van der Waals surface area (Å²) in [5.41, 5.74) is 7.93. The minimum absolute atomic E-state index is 0.0359. The van der Waals surface area contributed by atoms with E-state index in [9.17, 15) is 0 Å². The van der Waals surface area contributed by atoms with Gasteiger partial charge in [-0.25, -0.2) is 0 Å².